The smallest absolute Gasteiger partial charge is 0.136 e. The topological polar surface area (TPSA) is 13.1 Å². The van der Waals surface area contributed by atoms with Gasteiger partial charge in [0, 0.05) is 10.8 Å². The Morgan fingerprint density at radius 1 is 0.378 bits per heavy atom. The summed E-state index contributed by atoms with van der Waals surface area (Å²) in [5, 5.41) is 2.73. The molecule has 1 heterocycles. The lowest BCUT2D eigenvalue weighted by Crippen LogP contribution is -1.91. The van der Waals surface area contributed by atoms with Gasteiger partial charge in [0.2, 0.25) is 0 Å². The summed E-state index contributed by atoms with van der Waals surface area (Å²) in [5.74, 6) is 0. The van der Waals surface area contributed by atoms with Crippen molar-refractivity contribution in [2.45, 2.75) is 0 Å². The number of furan rings is 1. The van der Waals surface area contributed by atoms with E-state index >= 15 is 0 Å². The first-order chi connectivity index (χ1) is 26.5. The molecule has 0 aliphatic rings. The highest BCUT2D eigenvalue weighted by molar-refractivity contribution is 6.22. The Bertz CT molecular complexity index is 3030. The van der Waals surface area contributed by atoms with Crippen molar-refractivity contribution >= 4 is 43.5 Å². The van der Waals surface area contributed by atoms with Gasteiger partial charge in [-0.3, -0.25) is 0 Å². The summed E-state index contributed by atoms with van der Waals surface area (Å²) in [6, 6.07) is 30.0. The third-order valence-corrected chi connectivity index (χ3v) is 8.25. The number of hydrogen-bond acceptors (Lipinski definition) is 1. The Morgan fingerprint density at radius 2 is 0.911 bits per heavy atom. The molecule has 1 aromatic heterocycles. The van der Waals surface area contributed by atoms with E-state index in [4.69, 9.17) is 12.6 Å². The quantitative estimate of drug-likeness (QED) is 0.188. The number of benzene rings is 8. The van der Waals surface area contributed by atoms with Crippen LogP contribution in [0.15, 0.2) is 174 Å². The summed E-state index contributed by atoms with van der Waals surface area (Å²) in [4.78, 5) is 0. The molecule has 9 rings (SSSR count). The standard InChI is InChI=1S/C44H28O/c1-3-13-29(14-4-1)31-17-11-18-32(27-31)42-35-19-7-9-21-37(35)43(38-22-10-8-20-36(38)42)33-25-26-40-39(28-33)44-34(23-12-24-41(44)45-40)30-15-5-2-6-16-30/h1-28H/i11D,12D,17D,18D,23D,24D,25D,26D,27D,28D. The lowest BCUT2D eigenvalue weighted by Gasteiger charge is -2.18. The summed E-state index contributed by atoms with van der Waals surface area (Å²) in [5.41, 5.74) is 2.84. The molecule has 0 spiro atoms. The van der Waals surface area contributed by atoms with Crippen molar-refractivity contribution in [3.05, 3.63) is 170 Å². The van der Waals surface area contributed by atoms with Crippen molar-refractivity contribution < 1.29 is 18.1 Å². The van der Waals surface area contributed by atoms with Crippen LogP contribution in [0.25, 0.3) is 88.0 Å². The minimum atomic E-state index is -0.352. The maximum atomic E-state index is 9.84. The van der Waals surface area contributed by atoms with Gasteiger partial charge in [-0.25, -0.2) is 0 Å². The van der Waals surface area contributed by atoms with Crippen molar-refractivity contribution in [2.24, 2.45) is 0 Å². The first-order valence-electron chi connectivity index (χ1n) is 19.6. The van der Waals surface area contributed by atoms with Crippen LogP contribution >= 0.6 is 0 Å². The highest BCUT2D eigenvalue weighted by Crippen LogP contribution is 2.46. The predicted octanol–water partition coefficient (Wildman–Crippen LogP) is 12.6. The number of fused-ring (bicyclic) bond motifs is 5. The lowest BCUT2D eigenvalue weighted by atomic mass is 9.85. The van der Waals surface area contributed by atoms with Crippen LogP contribution in [0, 0.1) is 0 Å². The maximum absolute atomic E-state index is 9.84. The largest absolute Gasteiger partial charge is 0.456 e. The summed E-state index contributed by atoms with van der Waals surface area (Å²) < 4.78 is 97.2. The van der Waals surface area contributed by atoms with E-state index in [1.165, 1.54) is 0 Å². The van der Waals surface area contributed by atoms with Gasteiger partial charge < -0.3 is 4.42 Å². The van der Waals surface area contributed by atoms with Crippen LogP contribution in [0.1, 0.15) is 13.7 Å². The molecule has 1 nitrogen and oxygen atoms in total. The van der Waals surface area contributed by atoms with Crippen molar-refractivity contribution in [2.75, 3.05) is 0 Å². The Labute approximate surface area is 275 Å². The molecule has 1 heteroatoms. The van der Waals surface area contributed by atoms with Crippen LogP contribution in [0.5, 0.6) is 0 Å². The van der Waals surface area contributed by atoms with E-state index in [9.17, 15) is 5.48 Å². The molecule has 0 saturated heterocycles. The Morgan fingerprint density at radius 3 is 1.56 bits per heavy atom. The zero-order chi connectivity index (χ0) is 38.4. The molecular formula is C44H28O. The van der Waals surface area contributed by atoms with Gasteiger partial charge in [-0.15, -0.1) is 0 Å². The van der Waals surface area contributed by atoms with Crippen molar-refractivity contribution in [1.29, 1.82) is 0 Å². The van der Waals surface area contributed by atoms with E-state index in [1.54, 1.807) is 48.5 Å². The fourth-order valence-electron chi connectivity index (χ4n) is 6.28. The molecule has 0 fully saturated rings. The molecule has 9 aromatic rings. The minimum absolute atomic E-state index is 0.0392. The monoisotopic (exact) mass is 582 g/mol. The lowest BCUT2D eigenvalue weighted by molar-refractivity contribution is 0.669. The van der Waals surface area contributed by atoms with Crippen LogP contribution in [-0.4, -0.2) is 0 Å². The molecule has 8 aromatic carbocycles. The molecule has 210 valence electrons. The minimum Gasteiger partial charge on any atom is -0.456 e. The van der Waals surface area contributed by atoms with Crippen molar-refractivity contribution in [1.82, 2.24) is 0 Å². The van der Waals surface area contributed by atoms with E-state index in [0.717, 1.165) is 0 Å². The fraction of sp³-hybridized carbons (Fsp3) is 0. The van der Waals surface area contributed by atoms with E-state index < -0.39 is 0 Å². The normalized spacial score (nSPS) is 14.7. The zero-order valence-electron chi connectivity index (χ0n) is 33.8. The van der Waals surface area contributed by atoms with Gasteiger partial charge in [0.25, 0.3) is 0 Å². The Hall–Kier alpha value is -5.92. The van der Waals surface area contributed by atoms with E-state index in [0.29, 0.717) is 49.4 Å². The van der Waals surface area contributed by atoms with Gasteiger partial charge >= 0.3 is 0 Å². The van der Waals surface area contributed by atoms with Crippen LogP contribution in [0.2, 0.25) is 0 Å². The second-order valence-electron chi connectivity index (χ2n) is 10.8. The van der Waals surface area contributed by atoms with Crippen molar-refractivity contribution in [3.8, 4) is 44.5 Å². The Balaban J connectivity index is 1.45. The molecule has 0 bridgehead atoms. The van der Waals surface area contributed by atoms with Gasteiger partial charge in [-0.05, 0) is 90.2 Å². The first-order valence-corrected chi connectivity index (χ1v) is 14.6. The van der Waals surface area contributed by atoms with Gasteiger partial charge in [-0.1, -0.05) is 145 Å². The zero-order valence-corrected chi connectivity index (χ0v) is 23.8. The predicted molar refractivity (Wildman–Crippen MR) is 190 cm³/mol. The van der Waals surface area contributed by atoms with Crippen LogP contribution in [0.3, 0.4) is 0 Å². The SMILES string of the molecule is [2H]c1c([2H])c(-c2ccccc2)c([2H])c(-c2c3ccccc3c(-c3c([2H])c([2H])c4oc5c([2H])c([2H])c([2H])c(-c6ccccc6)c5c4c3[2H])c3ccccc23)c1[2H]. The van der Waals surface area contributed by atoms with E-state index in [1.807, 2.05) is 60.7 Å². The Kier molecular flexibility index (Phi) is 4.01. The molecule has 0 aliphatic carbocycles. The molecule has 0 unspecified atom stereocenters. The second kappa shape index (κ2) is 10.4. The second-order valence-corrected chi connectivity index (χ2v) is 10.8. The van der Waals surface area contributed by atoms with E-state index in [2.05, 4.69) is 0 Å². The average molecular weight is 583 g/mol. The third kappa shape index (κ3) is 4.17. The summed E-state index contributed by atoms with van der Waals surface area (Å²) >= 11 is 0. The summed E-state index contributed by atoms with van der Waals surface area (Å²) in [6.45, 7) is 0. The number of rotatable bonds is 4. The summed E-state index contributed by atoms with van der Waals surface area (Å²) in [7, 11) is 0. The van der Waals surface area contributed by atoms with Gasteiger partial charge in [0.05, 0.1) is 13.7 Å². The molecule has 0 atom stereocenters. The fourth-order valence-corrected chi connectivity index (χ4v) is 6.28. The molecule has 0 aliphatic heterocycles. The van der Waals surface area contributed by atoms with Gasteiger partial charge in [0.15, 0.2) is 0 Å². The molecule has 0 amide bonds. The molecule has 0 radical (unpaired) electrons. The molecule has 45 heavy (non-hydrogen) atoms. The van der Waals surface area contributed by atoms with E-state index in [-0.39, 0.29) is 99.1 Å². The molecular weight excluding hydrogens is 544 g/mol. The summed E-state index contributed by atoms with van der Waals surface area (Å²) in [6.07, 6.45) is 0. The van der Waals surface area contributed by atoms with Crippen LogP contribution in [0.4, 0.5) is 0 Å². The third-order valence-electron chi connectivity index (χ3n) is 8.25. The molecule has 0 saturated carbocycles. The highest BCUT2D eigenvalue weighted by Gasteiger charge is 2.19. The van der Waals surface area contributed by atoms with Gasteiger partial charge in [-0.2, -0.15) is 0 Å². The van der Waals surface area contributed by atoms with Crippen LogP contribution < -0.4 is 0 Å². The van der Waals surface area contributed by atoms with Crippen molar-refractivity contribution in [3.63, 3.8) is 0 Å². The van der Waals surface area contributed by atoms with Crippen LogP contribution in [-0.2, 0) is 0 Å². The van der Waals surface area contributed by atoms with Gasteiger partial charge in [0.1, 0.15) is 11.2 Å². The number of hydrogen-bond donors (Lipinski definition) is 0. The first kappa shape index (κ1) is 17.4. The maximum Gasteiger partial charge on any atom is 0.136 e. The highest BCUT2D eigenvalue weighted by atomic mass is 16.3. The molecule has 0 N–H and O–H groups in total. The average Bonchev–Trinajstić information content (AvgIpc) is 3.61.